The molecule has 0 aliphatic carbocycles. The van der Waals surface area contributed by atoms with Crippen molar-refractivity contribution in [2.45, 2.75) is 39.2 Å². The highest BCUT2D eigenvalue weighted by Gasteiger charge is 2.21. The number of thiophene rings is 1. The molecule has 1 saturated heterocycles. The number of nitrogens with two attached hydrogens (primary N) is 1. The molecule has 0 spiro atoms. The van der Waals surface area contributed by atoms with E-state index in [0.29, 0.717) is 6.04 Å². The quantitative estimate of drug-likeness (QED) is 0.877. The molecular formula is C13H22N2S. The van der Waals surface area contributed by atoms with Gasteiger partial charge in [0.15, 0.2) is 0 Å². The van der Waals surface area contributed by atoms with Crippen LogP contribution < -0.4 is 5.73 Å². The van der Waals surface area contributed by atoms with Crippen LogP contribution in [-0.4, -0.2) is 24.0 Å². The number of nitrogens with zero attached hydrogens (tertiary/aromatic N) is 1. The SMILES string of the molecule is CC1CCCN(C(C)Cc2ccc(N)s2)C1. The van der Waals surface area contributed by atoms with Crippen molar-refractivity contribution in [1.29, 1.82) is 0 Å². The van der Waals surface area contributed by atoms with Crippen molar-refractivity contribution >= 4 is 16.3 Å². The van der Waals surface area contributed by atoms with E-state index >= 15 is 0 Å². The van der Waals surface area contributed by atoms with Crippen molar-refractivity contribution in [3.8, 4) is 0 Å². The maximum Gasteiger partial charge on any atom is 0.0859 e. The highest BCUT2D eigenvalue weighted by Crippen LogP contribution is 2.23. The molecule has 0 amide bonds. The van der Waals surface area contributed by atoms with E-state index < -0.39 is 0 Å². The maximum absolute atomic E-state index is 5.76. The lowest BCUT2D eigenvalue weighted by molar-refractivity contribution is 0.138. The van der Waals surface area contributed by atoms with E-state index in [0.717, 1.165) is 17.3 Å². The number of likely N-dealkylation sites (tertiary alicyclic amines) is 1. The first-order chi connectivity index (χ1) is 7.65. The van der Waals surface area contributed by atoms with Gasteiger partial charge in [0.2, 0.25) is 0 Å². The lowest BCUT2D eigenvalue weighted by Gasteiger charge is -2.35. The highest BCUT2D eigenvalue weighted by atomic mass is 32.1. The molecule has 0 bridgehead atoms. The molecule has 2 heterocycles. The first kappa shape index (κ1) is 11.9. The molecule has 1 aliphatic rings. The fourth-order valence-corrected chi connectivity index (χ4v) is 3.45. The molecule has 2 atom stereocenters. The molecule has 2 N–H and O–H groups in total. The molecule has 2 nitrogen and oxygen atoms in total. The predicted molar refractivity (Wildman–Crippen MR) is 71.9 cm³/mol. The maximum atomic E-state index is 5.76. The Morgan fingerprint density at radius 2 is 2.38 bits per heavy atom. The topological polar surface area (TPSA) is 29.3 Å². The number of nitrogen functional groups attached to an aromatic ring is 1. The van der Waals surface area contributed by atoms with Gasteiger partial charge in [-0.25, -0.2) is 0 Å². The molecule has 1 aliphatic heterocycles. The third-order valence-electron chi connectivity index (χ3n) is 3.49. The Balaban J connectivity index is 1.89. The minimum absolute atomic E-state index is 0.654. The van der Waals surface area contributed by atoms with Crippen molar-refractivity contribution in [3.05, 3.63) is 17.0 Å². The van der Waals surface area contributed by atoms with Crippen LogP contribution in [0.4, 0.5) is 5.00 Å². The van der Waals surface area contributed by atoms with Gasteiger partial charge in [0.1, 0.15) is 0 Å². The Labute approximate surface area is 102 Å². The van der Waals surface area contributed by atoms with E-state index in [-0.39, 0.29) is 0 Å². The van der Waals surface area contributed by atoms with Crippen LogP contribution in [0.5, 0.6) is 0 Å². The summed E-state index contributed by atoms with van der Waals surface area (Å²) in [6.07, 6.45) is 3.90. The standard InChI is InChI=1S/C13H22N2S/c1-10-4-3-7-15(9-10)11(2)8-12-5-6-13(14)16-12/h5-6,10-11H,3-4,7-9,14H2,1-2H3. The predicted octanol–water partition coefficient (Wildman–Crippen LogP) is 2.99. The van der Waals surface area contributed by atoms with Crippen LogP contribution in [0.25, 0.3) is 0 Å². The molecule has 0 aromatic carbocycles. The summed E-state index contributed by atoms with van der Waals surface area (Å²) < 4.78 is 0. The van der Waals surface area contributed by atoms with Gasteiger partial charge in [0, 0.05) is 17.5 Å². The van der Waals surface area contributed by atoms with Gasteiger partial charge in [-0.05, 0) is 50.8 Å². The second-order valence-electron chi connectivity index (χ2n) is 5.10. The summed E-state index contributed by atoms with van der Waals surface area (Å²) in [4.78, 5) is 4.05. The zero-order valence-electron chi connectivity index (χ0n) is 10.3. The van der Waals surface area contributed by atoms with Gasteiger partial charge in [0.25, 0.3) is 0 Å². The van der Waals surface area contributed by atoms with Gasteiger partial charge >= 0.3 is 0 Å². The summed E-state index contributed by atoms with van der Waals surface area (Å²) in [5.41, 5.74) is 5.76. The zero-order chi connectivity index (χ0) is 11.5. The molecule has 1 aromatic heterocycles. The Bertz CT molecular complexity index is 334. The Kier molecular flexibility index (Phi) is 3.87. The molecule has 1 fully saturated rings. The zero-order valence-corrected chi connectivity index (χ0v) is 11.1. The molecule has 16 heavy (non-hydrogen) atoms. The molecular weight excluding hydrogens is 216 g/mol. The van der Waals surface area contributed by atoms with E-state index in [2.05, 4.69) is 24.8 Å². The van der Waals surface area contributed by atoms with Gasteiger partial charge in [-0.2, -0.15) is 0 Å². The first-order valence-electron chi connectivity index (χ1n) is 6.23. The summed E-state index contributed by atoms with van der Waals surface area (Å²) in [6.45, 7) is 7.24. The molecule has 2 rings (SSSR count). The molecule has 2 unspecified atom stereocenters. The molecule has 0 radical (unpaired) electrons. The molecule has 90 valence electrons. The average molecular weight is 238 g/mol. The normalized spacial score (nSPS) is 24.5. The van der Waals surface area contributed by atoms with Crippen molar-refractivity contribution in [2.24, 2.45) is 5.92 Å². The van der Waals surface area contributed by atoms with Crippen LogP contribution in [0.3, 0.4) is 0 Å². The van der Waals surface area contributed by atoms with Gasteiger partial charge < -0.3 is 10.6 Å². The highest BCUT2D eigenvalue weighted by molar-refractivity contribution is 7.15. The van der Waals surface area contributed by atoms with Crippen LogP contribution in [0.2, 0.25) is 0 Å². The van der Waals surface area contributed by atoms with E-state index in [9.17, 15) is 0 Å². The van der Waals surface area contributed by atoms with Crippen molar-refractivity contribution in [2.75, 3.05) is 18.8 Å². The van der Waals surface area contributed by atoms with Gasteiger partial charge in [-0.1, -0.05) is 6.92 Å². The minimum atomic E-state index is 0.654. The molecule has 0 saturated carbocycles. The number of anilines is 1. The van der Waals surface area contributed by atoms with Gasteiger partial charge in [-0.3, -0.25) is 0 Å². The molecule has 1 aromatic rings. The van der Waals surface area contributed by atoms with Crippen molar-refractivity contribution < 1.29 is 0 Å². The Hall–Kier alpha value is -0.540. The monoisotopic (exact) mass is 238 g/mol. The summed E-state index contributed by atoms with van der Waals surface area (Å²) >= 11 is 1.73. The van der Waals surface area contributed by atoms with Crippen LogP contribution in [0, 0.1) is 5.92 Å². The third kappa shape index (κ3) is 2.98. The average Bonchev–Trinajstić information content (AvgIpc) is 2.64. The second-order valence-corrected chi connectivity index (χ2v) is 6.30. The van der Waals surface area contributed by atoms with Crippen LogP contribution in [-0.2, 0) is 6.42 Å². The second kappa shape index (κ2) is 5.19. The number of rotatable bonds is 3. The summed E-state index contributed by atoms with van der Waals surface area (Å²) in [5, 5.41) is 0.939. The van der Waals surface area contributed by atoms with Crippen LogP contribution in [0.15, 0.2) is 12.1 Å². The minimum Gasteiger partial charge on any atom is -0.391 e. The van der Waals surface area contributed by atoms with Crippen molar-refractivity contribution in [1.82, 2.24) is 4.90 Å². The summed E-state index contributed by atoms with van der Waals surface area (Å²) in [6, 6.07) is 4.84. The lowest BCUT2D eigenvalue weighted by Crippen LogP contribution is -2.41. The van der Waals surface area contributed by atoms with E-state index in [1.165, 1.54) is 30.8 Å². The Morgan fingerprint density at radius 1 is 1.56 bits per heavy atom. The van der Waals surface area contributed by atoms with Crippen LogP contribution in [0.1, 0.15) is 31.6 Å². The largest absolute Gasteiger partial charge is 0.391 e. The lowest BCUT2D eigenvalue weighted by atomic mass is 9.98. The van der Waals surface area contributed by atoms with E-state index in [1.807, 2.05) is 6.07 Å². The fourth-order valence-electron chi connectivity index (χ4n) is 2.55. The summed E-state index contributed by atoms with van der Waals surface area (Å²) in [5.74, 6) is 0.865. The Morgan fingerprint density at radius 3 is 3.00 bits per heavy atom. The van der Waals surface area contributed by atoms with Gasteiger partial charge in [0.05, 0.1) is 5.00 Å². The molecule has 3 heteroatoms. The van der Waals surface area contributed by atoms with Crippen molar-refractivity contribution in [3.63, 3.8) is 0 Å². The summed E-state index contributed by atoms with van der Waals surface area (Å²) in [7, 11) is 0. The first-order valence-corrected chi connectivity index (χ1v) is 7.05. The fraction of sp³-hybridized carbons (Fsp3) is 0.692. The van der Waals surface area contributed by atoms with E-state index in [4.69, 9.17) is 5.73 Å². The smallest absolute Gasteiger partial charge is 0.0859 e. The number of hydrogen-bond acceptors (Lipinski definition) is 3. The van der Waals surface area contributed by atoms with Crippen LogP contribution >= 0.6 is 11.3 Å². The third-order valence-corrected chi connectivity index (χ3v) is 4.43. The number of piperidine rings is 1. The number of hydrogen-bond donors (Lipinski definition) is 1. The van der Waals surface area contributed by atoms with Gasteiger partial charge in [-0.15, -0.1) is 11.3 Å². The van der Waals surface area contributed by atoms with E-state index in [1.54, 1.807) is 11.3 Å².